The summed E-state index contributed by atoms with van der Waals surface area (Å²) in [6.45, 7) is 6.26. The molecule has 1 nitrogen and oxygen atoms in total. The highest BCUT2D eigenvalue weighted by atomic mass is 19.1. The summed E-state index contributed by atoms with van der Waals surface area (Å²) in [6.07, 6.45) is 2.36. The highest BCUT2D eigenvalue weighted by Gasteiger charge is 2.24. The van der Waals surface area contributed by atoms with Crippen molar-refractivity contribution in [3.63, 3.8) is 0 Å². The zero-order valence-electron chi connectivity index (χ0n) is 10.1. The van der Waals surface area contributed by atoms with Crippen molar-refractivity contribution in [1.29, 1.82) is 0 Å². The van der Waals surface area contributed by atoms with E-state index < -0.39 is 0 Å². The summed E-state index contributed by atoms with van der Waals surface area (Å²) in [5.41, 5.74) is 2.08. The van der Waals surface area contributed by atoms with Gasteiger partial charge >= 0.3 is 0 Å². The molecule has 0 spiro atoms. The number of hydrogen-bond acceptors (Lipinski definition) is 1. The maximum atomic E-state index is 13.2. The summed E-state index contributed by atoms with van der Waals surface area (Å²) in [4.78, 5) is 0. The molecule has 1 fully saturated rings. The smallest absolute Gasteiger partial charge is 0.126 e. The second-order valence-electron chi connectivity index (χ2n) is 4.78. The number of benzene rings is 1. The Hall–Kier alpha value is -0.890. The van der Waals surface area contributed by atoms with Crippen molar-refractivity contribution < 1.29 is 4.39 Å². The summed E-state index contributed by atoms with van der Waals surface area (Å²) in [5, 5.41) is 3.44. The second kappa shape index (κ2) is 4.96. The first-order chi connectivity index (χ1) is 7.72. The van der Waals surface area contributed by atoms with E-state index in [0.717, 1.165) is 18.7 Å². The van der Waals surface area contributed by atoms with Crippen molar-refractivity contribution in [2.75, 3.05) is 13.1 Å². The summed E-state index contributed by atoms with van der Waals surface area (Å²) in [6, 6.07) is 5.59. The lowest BCUT2D eigenvalue weighted by atomic mass is 9.79. The fourth-order valence-corrected chi connectivity index (χ4v) is 2.69. The Kier molecular flexibility index (Phi) is 3.59. The maximum Gasteiger partial charge on any atom is 0.126 e. The van der Waals surface area contributed by atoms with Gasteiger partial charge in [-0.1, -0.05) is 25.5 Å². The number of hydrogen-bond donors (Lipinski definition) is 1. The molecule has 0 amide bonds. The van der Waals surface area contributed by atoms with Gasteiger partial charge in [-0.05, 0) is 55.5 Å². The van der Waals surface area contributed by atoms with Gasteiger partial charge in [0.25, 0.3) is 0 Å². The van der Waals surface area contributed by atoms with E-state index in [9.17, 15) is 4.39 Å². The molecule has 0 aliphatic carbocycles. The summed E-state index contributed by atoms with van der Waals surface area (Å²) in [7, 11) is 0. The van der Waals surface area contributed by atoms with E-state index in [1.54, 1.807) is 6.07 Å². The van der Waals surface area contributed by atoms with Crippen LogP contribution in [0.3, 0.4) is 0 Å². The molecule has 0 radical (unpaired) electrons. The third-order valence-electron chi connectivity index (χ3n) is 3.74. The van der Waals surface area contributed by atoms with Crippen LogP contribution in [0.2, 0.25) is 0 Å². The van der Waals surface area contributed by atoms with Gasteiger partial charge in [0.2, 0.25) is 0 Å². The van der Waals surface area contributed by atoms with Crippen molar-refractivity contribution in [3.05, 3.63) is 35.1 Å². The lowest BCUT2D eigenvalue weighted by Crippen LogP contribution is -2.35. The standard InChI is InChI=1S/C14H20FN/c1-3-11-9-16-7-6-13(11)12-4-5-14(15)10(2)8-12/h4-5,8,11,13,16H,3,6-7,9H2,1-2H3. The van der Waals surface area contributed by atoms with Crippen molar-refractivity contribution in [1.82, 2.24) is 5.32 Å². The Bertz CT molecular complexity index is 362. The van der Waals surface area contributed by atoms with Gasteiger partial charge < -0.3 is 5.32 Å². The highest BCUT2D eigenvalue weighted by Crippen LogP contribution is 2.32. The number of rotatable bonds is 2. The van der Waals surface area contributed by atoms with Crippen LogP contribution in [0.25, 0.3) is 0 Å². The second-order valence-corrected chi connectivity index (χ2v) is 4.78. The minimum absolute atomic E-state index is 0.0919. The molecule has 88 valence electrons. The van der Waals surface area contributed by atoms with E-state index in [0.29, 0.717) is 11.8 Å². The topological polar surface area (TPSA) is 12.0 Å². The fraction of sp³-hybridized carbons (Fsp3) is 0.571. The molecule has 2 heteroatoms. The Morgan fingerprint density at radius 1 is 1.44 bits per heavy atom. The Labute approximate surface area is 97.1 Å². The van der Waals surface area contributed by atoms with Crippen molar-refractivity contribution >= 4 is 0 Å². The molecule has 1 aliphatic rings. The molecular formula is C14H20FN. The van der Waals surface area contributed by atoms with Crippen molar-refractivity contribution in [2.24, 2.45) is 5.92 Å². The molecule has 2 unspecified atom stereocenters. The molecule has 1 aromatic carbocycles. The quantitative estimate of drug-likeness (QED) is 0.808. The lowest BCUT2D eigenvalue weighted by molar-refractivity contribution is 0.317. The average molecular weight is 221 g/mol. The molecule has 1 aromatic rings. The molecule has 0 bridgehead atoms. The average Bonchev–Trinajstić information content (AvgIpc) is 2.32. The number of nitrogens with one attached hydrogen (secondary N) is 1. The van der Waals surface area contributed by atoms with Gasteiger partial charge in [-0.2, -0.15) is 0 Å². The minimum atomic E-state index is -0.0919. The monoisotopic (exact) mass is 221 g/mol. The normalized spacial score (nSPS) is 25.7. The van der Waals surface area contributed by atoms with E-state index in [2.05, 4.69) is 12.2 Å². The van der Waals surface area contributed by atoms with Crippen molar-refractivity contribution in [3.8, 4) is 0 Å². The van der Waals surface area contributed by atoms with Crippen LogP contribution in [0.15, 0.2) is 18.2 Å². The zero-order valence-corrected chi connectivity index (χ0v) is 10.1. The van der Waals surface area contributed by atoms with E-state index >= 15 is 0 Å². The predicted molar refractivity (Wildman–Crippen MR) is 65.1 cm³/mol. The molecule has 0 saturated carbocycles. The summed E-state index contributed by atoms with van der Waals surface area (Å²) < 4.78 is 13.2. The van der Waals surface area contributed by atoms with E-state index in [-0.39, 0.29) is 5.82 Å². The van der Waals surface area contributed by atoms with Gasteiger partial charge in [0, 0.05) is 0 Å². The van der Waals surface area contributed by atoms with Crippen LogP contribution in [0.4, 0.5) is 4.39 Å². The van der Waals surface area contributed by atoms with Crippen LogP contribution in [0.1, 0.15) is 36.8 Å². The van der Waals surface area contributed by atoms with Crippen LogP contribution < -0.4 is 5.32 Å². The number of piperidine rings is 1. The Morgan fingerprint density at radius 2 is 2.25 bits per heavy atom. The van der Waals surface area contributed by atoms with Crippen LogP contribution in [0, 0.1) is 18.7 Å². The third kappa shape index (κ3) is 2.27. The largest absolute Gasteiger partial charge is 0.316 e. The molecule has 1 heterocycles. The van der Waals surface area contributed by atoms with Gasteiger partial charge in [0.1, 0.15) is 5.82 Å². The van der Waals surface area contributed by atoms with Gasteiger partial charge in [-0.15, -0.1) is 0 Å². The van der Waals surface area contributed by atoms with Crippen molar-refractivity contribution in [2.45, 2.75) is 32.6 Å². The Morgan fingerprint density at radius 3 is 2.94 bits per heavy atom. The first-order valence-electron chi connectivity index (χ1n) is 6.19. The summed E-state index contributed by atoms with van der Waals surface area (Å²) >= 11 is 0. The van der Waals surface area contributed by atoms with Crippen LogP contribution in [0.5, 0.6) is 0 Å². The van der Waals surface area contributed by atoms with Gasteiger partial charge in [0.15, 0.2) is 0 Å². The molecule has 1 N–H and O–H groups in total. The van der Waals surface area contributed by atoms with E-state index in [1.165, 1.54) is 18.4 Å². The van der Waals surface area contributed by atoms with Crippen LogP contribution in [-0.2, 0) is 0 Å². The molecule has 2 rings (SSSR count). The molecule has 1 aliphatic heterocycles. The molecule has 0 aromatic heterocycles. The molecule has 16 heavy (non-hydrogen) atoms. The van der Waals surface area contributed by atoms with E-state index in [4.69, 9.17) is 0 Å². The van der Waals surface area contributed by atoms with Gasteiger partial charge in [-0.25, -0.2) is 4.39 Å². The summed E-state index contributed by atoms with van der Waals surface area (Å²) in [5.74, 6) is 1.20. The molecule has 2 atom stereocenters. The van der Waals surface area contributed by atoms with Gasteiger partial charge in [0.05, 0.1) is 0 Å². The number of aryl methyl sites for hydroxylation is 1. The molecule has 1 saturated heterocycles. The first kappa shape index (κ1) is 11.6. The fourth-order valence-electron chi connectivity index (χ4n) is 2.69. The lowest BCUT2D eigenvalue weighted by Gasteiger charge is -2.32. The Balaban J connectivity index is 2.23. The SMILES string of the molecule is CCC1CNCCC1c1ccc(F)c(C)c1. The highest BCUT2D eigenvalue weighted by molar-refractivity contribution is 5.27. The maximum absolute atomic E-state index is 13.2. The van der Waals surface area contributed by atoms with Crippen LogP contribution in [-0.4, -0.2) is 13.1 Å². The first-order valence-corrected chi connectivity index (χ1v) is 6.19. The van der Waals surface area contributed by atoms with Crippen LogP contribution >= 0.6 is 0 Å². The van der Waals surface area contributed by atoms with Gasteiger partial charge in [-0.3, -0.25) is 0 Å². The predicted octanol–water partition coefficient (Wildman–Crippen LogP) is 3.24. The number of halogens is 1. The van der Waals surface area contributed by atoms with E-state index in [1.807, 2.05) is 19.1 Å². The zero-order chi connectivity index (χ0) is 11.5. The third-order valence-corrected chi connectivity index (χ3v) is 3.74. The molecular weight excluding hydrogens is 201 g/mol. The minimum Gasteiger partial charge on any atom is -0.316 e.